The number of rotatable bonds is 7. The number of nitrogens with one attached hydrogen (secondary N) is 1. The van der Waals surface area contributed by atoms with E-state index in [0.29, 0.717) is 29.2 Å². The Morgan fingerprint density at radius 2 is 1.75 bits per heavy atom. The Hall–Kier alpha value is -3.93. The van der Waals surface area contributed by atoms with Crippen molar-refractivity contribution in [2.24, 2.45) is 0 Å². The number of anilines is 1. The van der Waals surface area contributed by atoms with Gasteiger partial charge in [0.1, 0.15) is 11.4 Å². The van der Waals surface area contributed by atoms with E-state index in [1.54, 1.807) is 42.6 Å². The number of pyridine rings is 1. The SMILES string of the molecule is CCOc1ccc(C2=C(Nc3ccc(C)cc3C)C(=O)N(Cc3ccccn3)C2=O)cc1. The minimum absolute atomic E-state index is 0.108. The summed E-state index contributed by atoms with van der Waals surface area (Å²) in [6.07, 6.45) is 1.65. The van der Waals surface area contributed by atoms with Gasteiger partial charge in [-0.15, -0.1) is 0 Å². The maximum atomic E-state index is 13.4. The average Bonchev–Trinajstić information content (AvgIpc) is 3.01. The lowest BCUT2D eigenvalue weighted by Crippen LogP contribution is -2.32. The van der Waals surface area contributed by atoms with Crippen LogP contribution in [0.3, 0.4) is 0 Å². The van der Waals surface area contributed by atoms with Crippen LogP contribution < -0.4 is 10.1 Å². The Kier molecular flexibility index (Phi) is 6.03. The molecule has 0 saturated heterocycles. The van der Waals surface area contributed by atoms with Gasteiger partial charge in [0.15, 0.2) is 0 Å². The molecule has 4 rings (SSSR count). The van der Waals surface area contributed by atoms with Gasteiger partial charge in [-0.2, -0.15) is 0 Å². The molecule has 1 aliphatic heterocycles. The summed E-state index contributed by atoms with van der Waals surface area (Å²) in [5.74, 6) is -0.00978. The molecule has 0 bridgehead atoms. The molecule has 2 aromatic carbocycles. The van der Waals surface area contributed by atoms with Crippen LogP contribution in [0.4, 0.5) is 5.69 Å². The highest BCUT2D eigenvalue weighted by molar-refractivity contribution is 6.36. The van der Waals surface area contributed by atoms with E-state index >= 15 is 0 Å². The van der Waals surface area contributed by atoms with Crippen LogP contribution >= 0.6 is 0 Å². The number of benzene rings is 2. The van der Waals surface area contributed by atoms with E-state index in [-0.39, 0.29) is 24.1 Å². The van der Waals surface area contributed by atoms with Crippen molar-refractivity contribution in [2.75, 3.05) is 11.9 Å². The topological polar surface area (TPSA) is 71.5 Å². The van der Waals surface area contributed by atoms with Crippen LogP contribution in [-0.4, -0.2) is 28.3 Å². The number of carbonyl (C=O) groups excluding carboxylic acids is 2. The Labute approximate surface area is 187 Å². The highest BCUT2D eigenvalue weighted by Gasteiger charge is 2.39. The van der Waals surface area contributed by atoms with Crippen LogP contribution in [0, 0.1) is 13.8 Å². The van der Waals surface area contributed by atoms with E-state index in [4.69, 9.17) is 4.74 Å². The molecule has 1 N–H and O–H groups in total. The predicted octanol–water partition coefficient (Wildman–Crippen LogP) is 4.49. The van der Waals surface area contributed by atoms with Gasteiger partial charge in [-0.05, 0) is 62.2 Å². The first-order valence-corrected chi connectivity index (χ1v) is 10.6. The maximum Gasteiger partial charge on any atom is 0.278 e. The molecule has 0 saturated carbocycles. The van der Waals surface area contributed by atoms with E-state index in [1.807, 2.05) is 45.0 Å². The number of amides is 2. The molecule has 1 aromatic heterocycles. The van der Waals surface area contributed by atoms with Crippen molar-refractivity contribution in [3.05, 3.63) is 94.9 Å². The minimum atomic E-state index is -0.371. The predicted molar refractivity (Wildman–Crippen MR) is 124 cm³/mol. The van der Waals surface area contributed by atoms with Gasteiger partial charge >= 0.3 is 0 Å². The molecule has 2 amide bonds. The zero-order valence-electron chi connectivity index (χ0n) is 18.4. The molecule has 32 heavy (non-hydrogen) atoms. The van der Waals surface area contributed by atoms with Crippen LogP contribution in [0.1, 0.15) is 29.3 Å². The van der Waals surface area contributed by atoms with Crippen LogP contribution in [-0.2, 0) is 16.1 Å². The van der Waals surface area contributed by atoms with E-state index in [2.05, 4.69) is 10.3 Å². The van der Waals surface area contributed by atoms with Crippen molar-refractivity contribution in [1.82, 2.24) is 9.88 Å². The quantitative estimate of drug-likeness (QED) is 0.563. The largest absolute Gasteiger partial charge is 0.494 e. The van der Waals surface area contributed by atoms with E-state index in [0.717, 1.165) is 16.8 Å². The number of nitrogens with zero attached hydrogens (tertiary/aromatic N) is 2. The van der Waals surface area contributed by atoms with Gasteiger partial charge < -0.3 is 10.1 Å². The van der Waals surface area contributed by atoms with Crippen molar-refractivity contribution < 1.29 is 14.3 Å². The number of aromatic nitrogens is 1. The lowest BCUT2D eigenvalue weighted by Gasteiger charge is -2.15. The standard InChI is InChI=1S/C26H25N3O3/c1-4-32-21-11-9-19(10-12-21)23-24(28-22-13-8-17(2)15-18(22)3)26(31)29(25(23)30)16-20-7-5-6-14-27-20/h5-15,28H,4,16H2,1-3H3. The molecule has 0 aliphatic carbocycles. The molecule has 6 nitrogen and oxygen atoms in total. The first kappa shape index (κ1) is 21.3. The molecular weight excluding hydrogens is 402 g/mol. The third-order valence-electron chi connectivity index (χ3n) is 5.31. The van der Waals surface area contributed by atoms with Gasteiger partial charge in [0, 0.05) is 11.9 Å². The van der Waals surface area contributed by atoms with Crippen molar-refractivity contribution >= 4 is 23.1 Å². The molecule has 0 spiro atoms. The fourth-order valence-corrected chi connectivity index (χ4v) is 3.73. The number of ether oxygens (including phenoxy) is 1. The van der Waals surface area contributed by atoms with Crippen LogP contribution in [0.25, 0.3) is 5.57 Å². The number of imide groups is 1. The summed E-state index contributed by atoms with van der Waals surface area (Å²) in [6.45, 7) is 6.56. The Morgan fingerprint density at radius 1 is 0.969 bits per heavy atom. The van der Waals surface area contributed by atoms with Gasteiger partial charge in [-0.3, -0.25) is 19.5 Å². The second-order valence-electron chi connectivity index (χ2n) is 7.67. The van der Waals surface area contributed by atoms with Crippen molar-refractivity contribution in [3.63, 3.8) is 0 Å². The van der Waals surface area contributed by atoms with Gasteiger partial charge in [0.25, 0.3) is 11.8 Å². The van der Waals surface area contributed by atoms with Gasteiger partial charge in [0.05, 0.1) is 24.4 Å². The van der Waals surface area contributed by atoms with Gasteiger partial charge in [-0.1, -0.05) is 35.9 Å². The molecule has 3 aromatic rings. The van der Waals surface area contributed by atoms with Crippen molar-refractivity contribution in [3.8, 4) is 5.75 Å². The lowest BCUT2D eigenvalue weighted by atomic mass is 10.0. The summed E-state index contributed by atoms with van der Waals surface area (Å²) >= 11 is 0. The third-order valence-corrected chi connectivity index (χ3v) is 5.31. The minimum Gasteiger partial charge on any atom is -0.494 e. The molecule has 2 heterocycles. The Bertz CT molecular complexity index is 1180. The second kappa shape index (κ2) is 9.06. The van der Waals surface area contributed by atoms with E-state index in [1.165, 1.54) is 4.90 Å². The highest BCUT2D eigenvalue weighted by atomic mass is 16.5. The van der Waals surface area contributed by atoms with E-state index < -0.39 is 0 Å². The maximum absolute atomic E-state index is 13.4. The fraction of sp³-hybridized carbons (Fsp3) is 0.192. The molecule has 0 atom stereocenters. The zero-order valence-corrected chi connectivity index (χ0v) is 18.4. The van der Waals surface area contributed by atoms with Gasteiger partial charge in [-0.25, -0.2) is 0 Å². The highest BCUT2D eigenvalue weighted by Crippen LogP contribution is 2.33. The van der Waals surface area contributed by atoms with Crippen molar-refractivity contribution in [1.29, 1.82) is 0 Å². The first-order valence-electron chi connectivity index (χ1n) is 10.6. The molecule has 6 heteroatoms. The number of hydrogen-bond acceptors (Lipinski definition) is 5. The number of hydrogen-bond donors (Lipinski definition) is 1. The molecule has 0 fully saturated rings. The normalized spacial score (nSPS) is 13.7. The van der Waals surface area contributed by atoms with Gasteiger partial charge in [0.2, 0.25) is 0 Å². The molecule has 1 aliphatic rings. The summed E-state index contributed by atoms with van der Waals surface area (Å²) in [5, 5.41) is 3.24. The van der Waals surface area contributed by atoms with E-state index in [9.17, 15) is 9.59 Å². The second-order valence-corrected chi connectivity index (χ2v) is 7.67. The Balaban J connectivity index is 1.74. The lowest BCUT2D eigenvalue weighted by molar-refractivity contribution is -0.137. The summed E-state index contributed by atoms with van der Waals surface area (Å²) in [4.78, 5) is 32.3. The van der Waals surface area contributed by atoms with Crippen LogP contribution in [0.15, 0.2) is 72.6 Å². The van der Waals surface area contributed by atoms with Crippen LogP contribution in [0.2, 0.25) is 0 Å². The Morgan fingerprint density at radius 3 is 2.41 bits per heavy atom. The molecule has 162 valence electrons. The first-order chi connectivity index (χ1) is 15.5. The summed E-state index contributed by atoms with van der Waals surface area (Å²) in [7, 11) is 0. The third kappa shape index (κ3) is 4.25. The summed E-state index contributed by atoms with van der Waals surface area (Å²) in [5.41, 5.74) is 4.81. The smallest absolute Gasteiger partial charge is 0.278 e. The fourth-order valence-electron chi connectivity index (χ4n) is 3.73. The molecule has 0 unspecified atom stereocenters. The number of carbonyl (C=O) groups is 2. The molecular formula is C26H25N3O3. The zero-order chi connectivity index (χ0) is 22.7. The summed E-state index contributed by atoms with van der Waals surface area (Å²) in [6, 6.07) is 18.6. The monoisotopic (exact) mass is 427 g/mol. The average molecular weight is 428 g/mol. The summed E-state index contributed by atoms with van der Waals surface area (Å²) < 4.78 is 5.52. The number of aryl methyl sites for hydroxylation is 2. The van der Waals surface area contributed by atoms with Crippen LogP contribution in [0.5, 0.6) is 5.75 Å². The molecule has 0 radical (unpaired) electrons. The van der Waals surface area contributed by atoms with Crippen molar-refractivity contribution in [2.45, 2.75) is 27.3 Å².